The summed E-state index contributed by atoms with van der Waals surface area (Å²) < 4.78 is 7.13. The van der Waals surface area contributed by atoms with Crippen molar-refractivity contribution >= 4 is 17.5 Å². The summed E-state index contributed by atoms with van der Waals surface area (Å²) in [5.74, 6) is 0.576. The Balaban J connectivity index is 1.80. The van der Waals surface area contributed by atoms with Crippen LogP contribution in [0.2, 0.25) is 5.02 Å². The lowest BCUT2D eigenvalue weighted by atomic mass is 10.1. The summed E-state index contributed by atoms with van der Waals surface area (Å²) in [5, 5.41) is 7.53. The molecule has 22 heavy (non-hydrogen) atoms. The largest absolute Gasteiger partial charge is 0.476 e. The van der Waals surface area contributed by atoms with Crippen molar-refractivity contribution < 1.29 is 9.53 Å². The van der Waals surface area contributed by atoms with Crippen molar-refractivity contribution in [3.8, 4) is 5.88 Å². The molecular weight excluding hydrogens is 304 g/mol. The van der Waals surface area contributed by atoms with Crippen LogP contribution >= 0.6 is 11.6 Å². The van der Waals surface area contributed by atoms with E-state index in [2.05, 4.69) is 29.2 Å². The highest BCUT2D eigenvalue weighted by Gasteiger charge is 2.14. The van der Waals surface area contributed by atoms with Gasteiger partial charge in [0.25, 0.3) is 5.91 Å². The molecule has 0 aliphatic heterocycles. The number of nitrogens with one attached hydrogen (secondary N) is 1. The van der Waals surface area contributed by atoms with E-state index in [1.165, 1.54) is 6.20 Å². The van der Waals surface area contributed by atoms with E-state index in [9.17, 15) is 4.79 Å². The van der Waals surface area contributed by atoms with Gasteiger partial charge < -0.3 is 10.1 Å². The summed E-state index contributed by atoms with van der Waals surface area (Å²) in [6.07, 6.45) is 1.51. The molecule has 0 unspecified atom stereocenters. The molecule has 6 nitrogen and oxygen atoms in total. The van der Waals surface area contributed by atoms with Crippen molar-refractivity contribution in [2.24, 2.45) is 7.05 Å². The summed E-state index contributed by atoms with van der Waals surface area (Å²) >= 11 is 5.74. The van der Waals surface area contributed by atoms with Gasteiger partial charge in [-0.15, -0.1) is 0 Å². The van der Waals surface area contributed by atoms with Crippen LogP contribution in [0.15, 0.2) is 24.4 Å². The number of aryl methyl sites for hydroxylation is 1. The van der Waals surface area contributed by atoms with Gasteiger partial charge in [-0.25, -0.2) is 4.98 Å². The van der Waals surface area contributed by atoms with E-state index < -0.39 is 0 Å². The first-order valence-corrected chi connectivity index (χ1v) is 7.41. The second-order valence-electron chi connectivity index (χ2n) is 5.15. The van der Waals surface area contributed by atoms with Gasteiger partial charge in [0.2, 0.25) is 5.88 Å². The predicted octanol–water partition coefficient (Wildman–Crippen LogP) is 2.40. The SMILES string of the molecule is CC(C)c1cc(C(=O)NCCOc2ccc(Cl)cn2)nn1C. The number of pyridine rings is 1. The zero-order chi connectivity index (χ0) is 16.1. The van der Waals surface area contributed by atoms with E-state index in [0.29, 0.717) is 35.7 Å². The number of nitrogens with zero attached hydrogens (tertiary/aromatic N) is 3. The van der Waals surface area contributed by atoms with Crippen molar-refractivity contribution in [3.63, 3.8) is 0 Å². The minimum absolute atomic E-state index is 0.213. The Morgan fingerprint density at radius 1 is 1.45 bits per heavy atom. The maximum Gasteiger partial charge on any atom is 0.271 e. The van der Waals surface area contributed by atoms with E-state index >= 15 is 0 Å². The number of amides is 1. The smallest absolute Gasteiger partial charge is 0.271 e. The summed E-state index contributed by atoms with van der Waals surface area (Å²) in [6.45, 7) is 4.82. The highest BCUT2D eigenvalue weighted by molar-refractivity contribution is 6.30. The fourth-order valence-electron chi connectivity index (χ4n) is 1.99. The van der Waals surface area contributed by atoms with Gasteiger partial charge in [0, 0.05) is 25.0 Å². The molecule has 1 amide bonds. The molecule has 0 spiro atoms. The van der Waals surface area contributed by atoms with Crippen molar-refractivity contribution in [3.05, 3.63) is 40.8 Å². The second kappa shape index (κ2) is 7.26. The zero-order valence-corrected chi connectivity index (χ0v) is 13.6. The van der Waals surface area contributed by atoms with Crippen LogP contribution in [0, 0.1) is 0 Å². The highest BCUT2D eigenvalue weighted by atomic mass is 35.5. The molecule has 2 heterocycles. The van der Waals surface area contributed by atoms with Gasteiger partial charge in [-0.05, 0) is 18.1 Å². The topological polar surface area (TPSA) is 69.0 Å². The summed E-state index contributed by atoms with van der Waals surface area (Å²) in [6, 6.07) is 5.18. The van der Waals surface area contributed by atoms with Gasteiger partial charge in [0.05, 0.1) is 11.6 Å². The van der Waals surface area contributed by atoms with Crippen LogP contribution in [0.4, 0.5) is 0 Å². The lowest BCUT2D eigenvalue weighted by Crippen LogP contribution is -2.28. The number of aromatic nitrogens is 3. The number of rotatable bonds is 6. The first-order chi connectivity index (χ1) is 10.5. The van der Waals surface area contributed by atoms with E-state index in [-0.39, 0.29) is 5.91 Å². The summed E-state index contributed by atoms with van der Waals surface area (Å²) in [4.78, 5) is 16.0. The average molecular weight is 323 g/mol. The standard InChI is InChI=1S/C15H19ClN4O2/c1-10(2)13-8-12(19-20(13)3)15(21)17-6-7-22-14-5-4-11(16)9-18-14/h4-5,8-10H,6-7H2,1-3H3,(H,17,21). The molecule has 0 atom stereocenters. The molecule has 2 aromatic rings. The van der Waals surface area contributed by atoms with Crippen molar-refractivity contribution in [1.82, 2.24) is 20.1 Å². The zero-order valence-electron chi connectivity index (χ0n) is 12.8. The van der Waals surface area contributed by atoms with Gasteiger partial charge in [0.15, 0.2) is 0 Å². The molecule has 1 N–H and O–H groups in total. The molecule has 0 aromatic carbocycles. The number of halogens is 1. The fraction of sp³-hybridized carbons (Fsp3) is 0.400. The molecule has 0 fully saturated rings. The molecule has 7 heteroatoms. The first-order valence-electron chi connectivity index (χ1n) is 7.04. The number of hydrogen-bond acceptors (Lipinski definition) is 4. The monoisotopic (exact) mass is 322 g/mol. The predicted molar refractivity (Wildman–Crippen MR) is 84.4 cm³/mol. The van der Waals surface area contributed by atoms with E-state index in [1.807, 2.05) is 13.1 Å². The van der Waals surface area contributed by atoms with Crippen LogP contribution in [0.5, 0.6) is 5.88 Å². The molecule has 0 bridgehead atoms. The molecule has 0 saturated heterocycles. The minimum atomic E-state index is -0.213. The van der Waals surface area contributed by atoms with Crippen molar-refractivity contribution in [1.29, 1.82) is 0 Å². The number of carbonyl (C=O) groups excluding carboxylic acids is 1. The van der Waals surface area contributed by atoms with E-state index in [1.54, 1.807) is 16.8 Å². The Bertz CT molecular complexity index is 637. The first kappa shape index (κ1) is 16.3. The lowest BCUT2D eigenvalue weighted by Gasteiger charge is -2.05. The van der Waals surface area contributed by atoms with Crippen LogP contribution in [-0.4, -0.2) is 33.8 Å². The van der Waals surface area contributed by atoms with Crippen LogP contribution in [-0.2, 0) is 7.05 Å². The van der Waals surface area contributed by atoms with Crippen LogP contribution in [0.25, 0.3) is 0 Å². The number of hydrogen-bond donors (Lipinski definition) is 1. The van der Waals surface area contributed by atoms with Gasteiger partial charge in [0.1, 0.15) is 12.3 Å². The molecule has 118 valence electrons. The molecule has 0 aliphatic rings. The second-order valence-corrected chi connectivity index (χ2v) is 5.59. The normalized spacial score (nSPS) is 10.8. The average Bonchev–Trinajstić information content (AvgIpc) is 2.87. The van der Waals surface area contributed by atoms with Crippen LogP contribution in [0.1, 0.15) is 35.9 Å². The highest BCUT2D eigenvalue weighted by Crippen LogP contribution is 2.14. The molecule has 2 rings (SSSR count). The van der Waals surface area contributed by atoms with Gasteiger partial charge >= 0.3 is 0 Å². The Kier molecular flexibility index (Phi) is 5.38. The molecule has 0 aliphatic carbocycles. The molecule has 0 radical (unpaired) electrons. The number of carbonyl (C=O) groups is 1. The van der Waals surface area contributed by atoms with E-state index in [0.717, 1.165) is 5.69 Å². The molecule has 0 saturated carbocycles. The number of ether oxygens (including phenoxy) is 1. The Morgan fingerprint density at radius 3 is 2.82 bits per heavy atom. The third-order valence-corrected chi connectivity index (χ3v) is 3.30. The Labute approximate surface area is 134 Å². The van der Waals surface area contributed by atoms with Crippen molar-refractivity contribution in [2.45, 2.75) is 19.8 Å². The molecular formula is C15H19ClN4O2. The van der Waals surface area contributed by atoms with Crippen LogP contribution < -0.4 is 10.1 Å². The summed E-state index contributed by atoms with van der Waals surface area (Å²) in [5.41, 5.74) is 1.43. The maximum atomic E-state index is 12.0. The minimum Gasteiger partial charge on any atom is -0.476 e. The third kappa shape index (κ3) is 4.21. The van der Waals surface area contributed by atoms with Gasteiger partial charge in [-0.1, -0.05) is 25.4 Å². The molecule has 2 aromatic heterocycles. The van der Waals surface area contributed by atoms with Crippen LogP contribution in [0.3, 0.4) is 0 Å². The van der Waals surface area contributed by atoms with Gasteiger partial charge in [-0.3, -0.25) is 9.48 Å². The van der Waals surface area contributed by atoms with Gasteiger partial charge in [-0.2, -0.15) is 5.10 Å². The lowest BCUT2D eigenvalue weighted by molar-refractivity contribution is 0.0941. The van der Waals surface area contributed by atoms with Crippen molar-refractivity contribution in [2.75, 3.05) is 13.2 Å². The Hall–Kier alpha value is -2.08. The quantitative estimate of drug-likeness (QED) is 0.829. The Morgan fingerprint density at radius 2 is 2.23 bits per heavy atom. The third-order valence-electron chi connectivity index (χ3n) is 3.08. The van der Waals surface area contributed by atoms with E-state index in [4.69, 9.17) is 16.3 Å². The maximum absolute atomic E-state index is 12.0. The fourth-order valence-corrected chi connectivity index (χ4v) is 2.10. The summed E-state index contributed by atoms with van der Waals surface area (Å²) in [7, 11) is 1.83.